The SMILES string of the molecule is O=C(OCCCNCC(F)(F)F)C12CC3CC(CC(C3)C1)C2. The lowest BCUT2D eigenvalue weighted by Crippen LogP contribution is -2.50. The highest BCUT2D eigenvalue weighted by Crippen LogP contribution is 2.60. The van der Waals surface area contributed by atoms with Crippen LogP contribution in [0.5, 0.6) is 0 Å². The van der Waals surface area contributed by atoms with Crippen LogP contribution in [0.25, 0.3) is 0 Å². The van der Waals surface area contributed by atoms with Gasteiger partial charge in [-0.25, -0.2) is 0 Å². The number of hydrogen-bond acceptors (Lipinski definition) is 3. The van der Waals surface area contributed by atoms with Gasteiger partial charge < -0.3 is 10.1 Å². The first-order chi connectivity index (χ1) is 10.4. The van der Waals surface area contributed by atoms with Gasteiger partial charge in [-0.05, 0) is 69.2 Å². The van der Waals surface area contributed by atoms with Crippen molar-refractivity contribution in [1.82, 2.24) is 5.32 Å². The third-order valence-electron chi connectivity index (χ3n) is 5.53. The first kappa shape index (κ1) is 16.1. The van der Waals surface area contributed by atoms with E-state index in [-0.39, 0.29) is 24.5 Å². The molecule has 4 bridgehead atoms. The van der Waals surface area contributed by atoms with Crippen molar-refractivity contribution < 1.29 is 22.7 Å². The number of ether oxygens (including phenoxy) is 1. The molecule has 0 saturated heterocycles. The molecule has 0 amide bonds. The molecule has 22 heavy (non-hydrogen) atoms. The fourth-order valence-corrected chi connectivity index (χ4v) is 5.11. The molecule has 4 rings (SSSR count). The molecule has 4 fully saturated rings. The number of nitrogens with one attached hydrogen (secondary N) is 1. The Morgan fingerprint density at radius 3 is 2.14 bits per heavy atom. The zero-order chi connectivity index (χ0) is 15.8. The van der Waals surface area contributed by atoms with E-state index in [0.29, 0.717) is 24.2 Å². The Bertz CT molecular complexity index is 387. The Balaban J connectivity index is 1.39. The lowest BCUT2D eigenvalue weighted by molar-refractivity contribution is -0.171. The highest BCUT2D eigenvalue weighted by molar-refractivity contribution is 5.77. The second-order valence-electron chi connectivity index (χ2n) is 7.48. The topological polar surface area (TPSA) is 38.3 Å². The van der Waals surface area contributed by atoms with E-state index in [2.05, 4.69) is 5.32 Å². The molecule has 0 aromatic rings. The minimum Gasteiger partial charge on any atom is -0.465 e. The number of halogens is 3. The van der Waals surface area contributed by atoms with Gasteiger partial charge in [-0.2, -0.15) is 13.2 Å². The predicted molar refractivity (Wildman–Crippen MR) is 75.1 cm³/mol. The van der Waals surface area contributed by atoms with Crippen molar-refractivity contribution in [2.24, 2.45) is 23.2 Å². The van der Waals surface area contributed by atoms with Crippen molar-refractivity contribution >= 4 is 5.97 Å². The number of rotatable bonds is 6. The predicted octanol–water partition coefficient (Wildman–Crippen LogP) is 3.29. The number of alkyl halides is 3. The first-order valence-corrected chi connectivity index (χ1v) is 8.31. The molecule has 6 heteroatoms. The molecule has 4 aliphatic carbocycles. The summed E-state index contributed by atoms with van der Waals surface area (Å²) in [4.78, 5) is 12.5. The van der Waals surface area contributed by atoms with Crippen LogP contribution in [0.3, 0.4) is 0 Å². The van der Waals surface area contributed by atoms with E-state index < -0.39 is 12.7 Å². The monoisotopic (exact) mass is 319 g/mol. The highest BCUT2D eigenvalue weighted by Gasteiger charge is 2.55. The lowest BCUT2D eigenvalue weighted by Gasteiger charge is -2.55. The van der Waals surface area contributed by atoms with Crippen molar-refractivity contribution in [3.8, 4) is 0 Å². The van der Waals surface area contributed by atoms with Crippen LogP contribution in [0, 0.1) is 23.2 Å². The van der Waals surface area contributed by atoms with Crippen molar-refractivity contribution in [2.75, 3.05) is 19.7 Å². The van der Waals surface area contributed by atoms with E-state index in [1.165, 1.54) is 19.3 Å². The van der Waals surface area contributed by atoms with Crippen LogP contribution in [0.15, 0.2) is 0 Å². The Kier molecular flexibility index (Phi) is 4.40. The number of carbonyl (C=O) groups is 1. The van der Waals surface area contributed by atoms with Crippen molar-refractivity contribution in [1.29, 1.82) is 0 Å². The summed E-state index contributed by atoms with van der Waals surface area (Å²) in [6, 6.07) is 0. The molecule has 0 aromatic heterocycles. The highest BCUT2D eigenvalue weighted by atomic mass is 19.4. The van der Waals surface area contributed by atoms with Crippen molar-refractivity contribution in [2.45, 2.75) is 51.1 Å². The fraction of sp³-hybridized carbons (Fsp3) is 0.938. The maximum Gasteiger partial charge on any atom is 0.401 e. The van der Waals surface area contributed by atoms with Crippen LogP contribution in [-0.4, -0.2) is 31.8 Å². The molecule has 126 valence electrons. The fourth-order valence-electron chi connectivity index (χ4n) is 5.11. The molecule has 1 N–H and O–H groups in total. The van der Waals surface area contributed by atoms with Gasteiger partial charge in [-0.15, -0.1) is 0 Å². The number of hydrogen-bond donors (Lipinski definition) is 1. The van der Waals surface area contributed by atoms with Crippen LogP contribution in [0.2, 0.25) is 0 Å². The van der Waals surface area contributed by atoms with Gasteiger partial charge in [-0.1, -0.05) is 0 Å². The van der Waals surface area contributed by atoms with Gasteiger partial charge in [0.2, 0.25) is 0 Å². The summed E-state index contributed by atoms with van der Waals surface area (Å²) in [7, 11) is 0. The summed E-state index contributed by atoms with van der Waals surface area (Å²) in [6.07, 6.45) is 2.94. The molecule has 0 atom stereocenters. The normalized spacial score (nSPS) is 36.6. The molecule has 0 spiro atoms. The largest absolute Gasteiger partial charge is 0.465 e. The second kappa shape index (κ2) is 6.02. The molecule has 0 unspecified atom stereocenters. The number of esters is 1. The summed E-state index contributed by atoms with van der Waals surface area (Å²) in [6.45, 7) is -0.560. The molecule has 0 aromatic carbocycles. The molecule has 4 aliphatic rings. The van der Waals surface area contributed by atoms with Gasteiger partial charge in [0.05, 0.1) is 18.6 Å². The zero-order valence-corrected chi connectivity index (χ0v) is 12.8. The smallest absolute Gasteiger partial charge is 0.401 e. The minimum absolute atomic E-state index is 0.0950. The van der Waals surface area contributed by atoms with Crippen LogP contribution < -0.4 is 5.32 Å². The summed E-state index contributed by atoms with van der Waals surface area (Å²) in [5, 5.41) is 2.32. The van der Waals surface area contributed by atoms with Gasteiger partial charge in [0.25, 0.3) is 0 Å². The first-order valence-electron chi connectivity index (χ1n) is 8.31. The quantitative estimate of drug-likeness (QED) is 0.603. The standard InChI is InChI=1S/C16H24F3NO2/c17-16(18,19)10-20-2-1-3-22-14(21)15-7-11-4-12(8-15)6-13(5-11)9-15/h11-13,20H,1-10H2. The Labute approximate surface area is 129 Å². The third-order valence-corrected chi connectivity index (χ3v) is 5.53. The van der Waals surface area contributed by atoms with E-state index >= 15 is 0 Å². The van der Waals surface area contributed by atoms with Gasteiger partial charge >= 0.3 is 12.1 Å². The van der Waals surface area contributed by atoms with E-state index in [0.717, 1.165) is 19.3 Å². The Morgan fingerprint density at radius 2 is 1.64 bits per heavy atom. The van der Waals surface area contributed by atoms with E-state index in [9.17, 15) is 18.0 Å². The maximum absolute atomic E-state index is 12.5. The number of carbonyl (C=O) groups excluding carboxylic acids is 1. The molecule has 3 nitrogen and oxygen atoms in total. The van der Waals surface area contributed by atoms with Crippen LogP contribution in [0.4, 0.5) is 13.2 Å². The van der Waals surface area contributed by atoms with Crippen molar-refractivity contribution in [3.63, 3.8) is 0 Å². The molecular formula is C16H24F3NO2. The molecule has 0 heterocycles. The van der Waals surface area contributed by atoms with Crippen LogP contribution >= 0.6 is 0 Å². The Morgan fingerprint density at radius 1 is 1.09 bits per heavy atom. The maximum atomic E-state index is 12.5. The van der Waals surface area contributed by atoms with E-state index in [1.54, 1.807) is 0 Å². The summed E-state index contributed by atoms with van der Waals surface area (Å²) < 4.78 is 41.3. The Hall–Kier alpha value is -0.780. The van der Waals surface area contributed by atoms with Crippen LogP contribution in [0.1, 0.15) is 44.9 Å². The summed E-state index contributed by atoms with van der Waals surface area (Å²) >= 11 is 0. The molecule has 0 aliphatic heterocycles. The summed E-state index contributed by atoms with van der Waals surface area (Å²) in [5.41, 5.74) is -0.270. The van der Waals surface area contributed by atoms with Crippen LogP contribution in [-0.2, 0) is 9.53 Å². The minimum atomic E-state index is -4.18. The van der Waals surface area contributed by atoms with Gasteiger partial charge in [0.15, 0.2) is 0 Å². The molecule has 4 saturated carbocycles. The molecule has 0 radical (unpaired) electrons. The second-order valence-corrected chi connectivity index (χ2v) is 7.48. The van der Waals surface area contributed by atoms with Gasteiger partial charge in [0.1, 0.15) is 0 Å². The van der Waals surface area contributed by atoms with E-state index in [4.69, 9.17) is 4.74 Å². The van der Waals surface area contributed by atoms with Gasteiger partial charge in [0, 0.05) is 0 Å². The third kappa shape index (κ3) is 3.58. The average Bonchev–Trinajstić information content (AvgIpc) is 2.39. The molecular weight excluding hydrogens is 295 g/mol. The zero-order valence-electron chi connectivity index (χ0n) is 12.8. The summed E-state index contributed by atoms with van der Waals surface area (Å²) in [5.74, 6) is 1.97. The van der Waals surface area contributed by atoms with Gasteiger partial charge in [-0.3, -0.25) is 4.79 Å². The lowest BCUT2D eigenvalue weighted by atomic mass is 9.49. The van der Waals surface area contributed by atoms with Crippen molar-refractivity contribution in [3.05, 3.63) is 0 Å². The van der Waals surface area contributed by atoms with E-state index in [1.807, 2.05) is 0 Å². The average molecular weight is 319 g/mol.